The zero-order valence-electron chi connectivity index (χ0n) is 14.0. The summed E-state index contributed by atoms with van der Waals surface area (Å²) in [6.07, 6.45) is 5.29. The summed E-state index contributed by atoms with van der Waals surface area (Å²) >= 11 is 0. The van der Waals surface area contributed by atoms with Crippen LogP contribution in [0.15, 0.2) is 24.3 Å². The first-order chi connectivity index (χ1) is 11.6. The van der Waals surface area contributed by atoms with Gasteiger partial charge in [0.25, 0.3) is 5.91 Å². The Morgan fingerprint density at radius 3 is 2.33 bits per heavy atom. The highest BCUT2D eigenvalue weighted by atomic mass is 16.5. The molecular formula is C18H25NO5. The minimum absolute atomic E-state index is 0.130. The Kier molecular flexibility index (Phi) is 6.90. The van der Waals surface area contributed by atoms with E-state index in [0.29, 0.717) is 24.3 Å². The van der Waals surface area contributed by atoms with E-state index in [1.807, 2.05) is 0 Å². The van der Waals surface area contributed by atoms with Gasteiger partial charge in [-0.05, 0) is 37.1 Å². The lowest BCUT2D eigenvalue weighted by atomic mass is 9.87. The van der Waals surface area contributed by atoms with Gasteiger partial charge in [-0.15, -0.1) is 0 Å². The van der Waals surface area contributed by atoms with E-state index in [-0.39, 0.29) is 18.6 Å². The number of benzene rings is 1. The Balaban J connectivity index is 1.87. The number of aliphatic carboxylic acids is 1. The highest BCUT2D eigenvalue weighted by molar-refractivity contribution is 5.79. The first-order valence-corrected chi connectivity index (χ1v) is 8.39. The molecule has 0 radical (unpaired) electrons. The van der Waals surface area contributed by atoms with Gasteiger partial charge in [0.1, 0.15) is 11.5 Å². The number of ether oxygens (including phenoxy) is 2. The Bertz CT molecular complexity index is 543. The molecule has 0 heterocycles. The monoisotopic (exact) mass is 335 g/mol. The van der Waals surface area contributed by atoms with Crippen molar-refractivity contribution in [1.82, 2.24) is 5.32 Å². The van der Waals surface area contributed by atoms with Crippen LogP contribution in [0, 0.1) is 5.92 Å². The molecular weight excluding hydrogens is 310 g/mol. The summed E-state index contributed by atoms with van der Waals surface area (Å²) in [4.78, 5) is 23.6. The maximum atomic E-state index is 12.1. The predicted octanol–water partition coefficient (Wildman–Crippen LogP) is 2.61. The first kappa shape index (κ1) is 18.1. The molecule has 1 aromatic rings. The number of carbonyl (C=O) groups excluding carboxylic acids is 1. The number of rotatable bonds is 6. The molecule has 24 heavy (non-hydrogen) atoms. The second kappa shape index (κ2) is 9.15. The molecule has 1 aliphatic carbocycles. The van der Waals surface area contributed by atoms with Gasteiger partial charge in [0.15, 0.2) is 6.61 Å². The Morgan fingerprint density at radius 1 is 1.08 bits per heavy atom. The van der Waals surface area contributed by atoms with Crippen molar-refractivity contribution in [1.29, 1.82) is 0 Å². The zero-order chi connectivity index (χ0) is 17.4. The lowest BCUT2D eigenvalue weighted by Gasteiger charge is -2.27. The largest absolute Gasteiger partial charge is 0.497 e. The summed E-state index contributed by atoms with van der Waals surface area (Å²) in [7, 11) is 1.58. The molecule has 0 spiro atoms. The van der Waals surface area contributed by atoms with Crippen molar-refractivity contribution in [3.05, 3.63) is 24.3 Å². The number of methoxy groups -OCH3 is 1. The fourth-order valence-electron chi connectivity index (χ4n) is 3.02. The second-order valence-electron chi connectivity index (χ2n) is 6.07. The van der Waals surface area contributed by atoms with Crippen molar-refractivity contribution in [2.24, 2.45) is 5.92 Å². The molecule has 6 nitrogen and oxygen atoms in total. The third-order valence-corrected chi connectivity index (χ3v) is 4.36. The van der Waals surface area contributed by atoms with Crippen LogP contribution in [-0.2, 0) is 9.59 Å². The number of hydrogen-bond acceptors (Lipinski definition) is 4. The highest BCUT2D eigenvalue weighted by Gasteiger charge is 2.29. The zero-order valence-corrected chi connectivity index (χ0v) is 14.0. The Labute approximate surface area is 142 Å². The number of carboxylic acids is 1. The van der Waals surface area contributed by atoms with E-state index in [1.165, 1.54) is 0 Å². The molecule has 6 heteroatoms. The van der Waals surface area contributed by atoms with Crippen molar-refractivity contribution in [2.75, 3.05) is 13.7 Å². The molecule has 0 aromatic heterocycles. The molecule has 132 valence electrons. The van der Waals surface area contributed by atoms with Gasteiger partial charge in [0.2, 0.25) is 0 Å². The SMILES string of the molecule is COc1ccc(OCC(=O)NC2CCCCCCC2C(=O)O)cc1. The van der Waals surface area contributed by atoms with E-state index in [4.69, 9.17) is 9.47 Å². The van der Waals surface area contributed by atoms with Gasteiger partial charge in [-0.3, -0.25) is 9.59 Å². The molecule has 1 aliphatic rings. The minimum atomic E-state index is -0.835. The standard InChI is InChI=1S/C18H25NO5/c1-23-13-8-10-14(11-9-13)24-12-17(20)19-16-7-5-3-2-4-6-15(16)18(21)22/h8-11,15-16H,2-7,12H2,1H3,(H,19,20)(H,21,22). The molecule has 1 saturated carbocycles. The van der Waals surface area contributed by atoms with Crippen LogP contribution in [0.1, 0.15) is 38.5 Å². The van der Waals surface area contributed by atoms with E-state index in [0.717, 1.165) is 25.7 Å². The van der Waals surface area contributed by atoms with Gasteiger partial charge in [-0.1, -0.05) is 25.7 Å². The summed E-state index contributed by atoms with van der Waals surface area (Å²) in [5, 5.41) is 12.2. The average Bonchev–Trinajstić information content (AvgIpc) is 2.55. The molecule has 0 aliphatic heterocycles. The summed E-state index contributed by atoms with van der Waals surface area (Å²) in [5.74, 6) is -0.361. The molecule has 2 rings (SSSR count). The van der Waals surface area contributed by atoms with Gasteiger partial charge in [0.05, 0.1) is 13.0 Å². The van der Waals surface area contributed by atoms with Crippen LogP contribution in [0.4, 0.5) is 0 Å². The van der Waals surface area contributed by atoms with E-state index in [9.17, 15) is 14.7 Å². The van der Waals surface area contributed by atoms with Gasteiger partial charge < -0.3 is 19.9 Å². The molecule has 2 atom stereocenters. The smallest absolute Gasteiger partial charge is 0.308 e. The summed E-state index contributed by atoms with van der Waals surface area (Å²) < 4.78 is 10.5. The van der Waals surface area contributed by atoms with Crippen molar-refractivity contribution < 1.29 is 24.2 Å². The lowest BCUT2D eigenvalue weighted by Crippen LogP contribution is -2.45. The first-order valence-electron chi connectivity index (χ1n) is 8.39. The molecule has 1 aromatic carbocycles. The van der Waals surface area contributed by atoms with Crippen molar-refractivity contribution in [3.63, 3.8) is 0 Å². The average molecular weight is 335 g/mol. The predicted molar refractivity (Wildman–Crippen MR) is 89.2 cm³/mol. The van der Waals surface area contributed by atoms with Crippen LogP contribution in [0.5, 0.6) is 11.5 Å². The van der Waals surface area contributed by atoms with Gasteiger partial charge >= 0.3 is 5.97 Å². The van der Waals surface area contributed by atoms with Crippen molar-refractivity contribution in [2.45, 2.75) is 44.6 Å². The van der Waals surface area contributed by atoms with Gasteiger partial charge in [-0.2, -0.15) is 0 Å². The van der Waals surface area contributed by atoms with E-state index in [2.05, 4.69) is 5.32 Å². The molecule has 0 bridgehead atoms. The van der Waals surface area contributed by atoms with Crippen LogP contribution in [0.3, 0.4) is 0 Å². The molecule has 2 unspecified atom stereocenters. The van der Waals surface area contributed by atoms with Gasteiger partial charge in [0, 0.05) is 6.04 Å². The lowest BCUT2D eigenvalue weighted by molar-refractivity contribution is -0.143. The fraction of sp³-hybridized carbons (Fsp3) is 0.556. The molecule has 0 saturated heterocycles. The molecule has 1 fully saturated rings. The van der Waals surface area contributed by atoms with Crippen molar-refractivity contribution >= 4 is 11.9 Å². The topological polar surface area (TPSA) is 84.9 Å². The highest BCUT2D eigenvalue weighted by Crippen LogP contribution is 2.23. The van der Waals surface area contributed by atoms with E-state index in [1.54, 1.807) is 31.4 Å². The van der Waals surface area contributed by atoms with Crippen LogP contribution >= 0.6 is 0 Å². The van der Waals surface area contributed by atoms with Crippen LogP contribution < -0.4 is 14.8 Å². The normalized spacial score (nSPS) is 21.2. The van der Waals surface area contributed by atoms with Crippen LogP contribution in [-0.4, -0.2) is 36.7 Å². The van der Waals surface area contributed by atoms with E-state index >= 15 is 0 Å². The second-order valence-corrected chi connectivity index (χ2v) is 6.07. The Hall–Kier alpha value is -2.24. The quantitative estimate of drug-likeness (QED) is 0.835. The van der Waals surface area contributed by atoms with E-state index < -0.39 is 11.9 Å². The number of amides is 1. The summed E-state index contributed by atoms with van der Waals surface area (Å²) in [6.45, 7) is -0.130. The summed E-state index contributed by atoms with van der Waals surface area (Å²) in [5.41, 5.74) is 0. The number of nitrogens with one attached hydrogen (secondary N) is 1. The van der Waals surface area contributed by atoms with Crippen LogP contribution in [0.2, 0.25) is 0 Å². The summed E-state index contributed by atoms with van der Waals surface area (Å²) in [6, 6.07) is 6.63. The third kappa shape index (κ3) is 5.44. The number of hydrogen-bond donors (Lipinski definition) is 2. The minimum Gasteiger partial charge on any atom is -0.497 e. The Morgan fingerprint density at radius 2 is 1.71 bits per heavy atom. The third-order valence-electron chi connectivity index (χ3n) is 4.36. The molecule has 1 amide bonds. The maximum Gasteiger partial charge on any atom is 0.308 e. The van der Waals surface area contributed by atoms with Gasteiger partial charge in [-0.25, -0.2) is 0 Å². The molecule has 2 N–H and O–H groups in total. The van der Waals surface area contributed by atoms with Crippen LogP contribution in [0.25, 0.3) is 0 Å². The fourth-order valence-corrected chi connectivity index (χ4v) is 3.02. The van der Waals surface area contributed by atoms with Crippen molar-refractivity contribution in [3.8, 4) is 11.5 Å². The number of carboxylic acid groups (broad SMARTS) is 1. The maximum absolute atomic E-state index is 12.1. The number of carbonyl (C=O) groups is 2.